The Balaban J connectivity index is 1.75. The molecule has 0 aliphatic rings. The van der Waals surface area contributed by atoms with Crippen LogP contribution < -0.4 is 0 Å². The molecule has 2 nitrogen and oxygen atoms in total. The first kappa shape index (κ1) is 12.6. The molecule has 0 saturated heterocycles. The fourth-order valence-electron chi connectivity index (χ4n) is 2.29. The van der Waals surface area contributed by atoms with Crippen LogP contribution in [-0.2, 0) is 6.42 Å². The van der Waals surface area contributed by atoms with Crippen molar-refractivity contribution in [2.45, 2.75) is 12.8 Å². The van der Waals surface area contributed by atoms with E-state index in [0.29, 0.717) is 18.5 Å². The third-order valence-corrected chi connectivity index (χ3v) is 3.37. The highest BCUT2D eigenvalue weighted by Crippen LogP contribution is 2.18. The maximum absolute atomic E-state index is 13.1. The van der Waals surface area contributed by atoms with E-state index >= 15 is 0 Å². The van der Waals surface area contributed by atoms with Gasteiger partial charge in [-0.3, -0.25) is 4.79 Å². The summed E-state index contributed by atoms with van der Waals surface area (Å²) >= 11 is 0. The zero-order valence-electron chi connectivity index (χ0n) is 10.9. The van der Waals surface area contributed by atoms with E-state index in [-0.39, 0.29) is 11.6 Å². The molecule has 0 bridgehead atoms. The lowest BCUT2D eigenvalue weighted by Gasteiger charge is -1.99. The standard InChI is InChI=1S/C17H14FNO/c18-14-7-8-15-13(10-14)11-16(19-15)17(20)9-6-12-4-2-1-3-5-12/h1-5,7-8,10-11,19H,6,9H2. The summed E-state index contributed by atoms with van der Waals surface area (Å²) in [6.45, 7) is 0. The van der Waals surface area contributed by atoms with E-state index in [9.17, 15) is 9.18 Å². The molecule has 0 saturated carbocycles. The van der Waals surface area contributed by atoms with Crippen molar-refractivity contribution in [1.82, 2.24) is 4.98 Å². The first-order valence-electron chi connectivity index (χ1n) is 6.58. The second kappa shape index (κ2) is 5.29. The van der Waals surface area contributed by atoms with Gasteiger partial charge in [0.1, 0.15) is 5.82 Å². The van der Waals surface area contributed by atoms with E-state index in [0.717, 1.165) is 16.5 Å². The molecular formula is C17H14FNO. The molecule has 3 rings (SSSR count). The molecule has 0 aliphatic heterocycles. The minimum absolute atomic E-state index is 0.0467. The maximum Gasteiger partial charge on any atom is 0.179 e. The second-order valence-electron chi connectivity index (χ2n) is 4.82. The van der Waals surface area contributed by atoms with Crippen LogP contribution in [0.3, 0.4) is 0 Å². The summed E-state index contributed by atoms with van der Waals surface area (Å²) in [5.41, 5.74) is 2.47. The number of hydrogen-bond donors (Lipinski definition) is 1. The normalized spacial score (nSPS) is 10.8. The van der Waals surface area contributed by atoms with Crippen molar-refractivity contribution in [3.05, 3.63) is 71.7 Å². The predicted molar refractivity (Wildman–Crippen MR) is 77.4 cm³/mol. The van der Waals surface area contributed by atoms with Crippen molar-refractivity contribution in [3.8, 4) is 0 Å². The number of nitrogens with one attached hydrogen (secondary N) is 1. The van der Waals surface area contributed by atoms with Gasteiger partial charge in [0.05, 0.1) is 5.69 Å². The van der Waals surface area contributed by atoms with Crippen molar-refractivity contribution >= 4 is 16.7 Å². The van der Waals surface area contributed by atoms with Gasteiger partial charge in [-0.15, -0.1) is 0 Å². The first-order valence-corrected chi connectivity index (χ1v) is 6.58. The molecule has 0 radical (unpaired) electrons. The molecule has 3 heteroatoms. The Morgan fingerprint density at radius 3 is 2.65 bits per heavy atom. The van der Waals surface area contributed by atoms with Gasteiger partial charge in [0, 0.05) is 17.3 Å². The van der Waals surface area contributed by atoms with Crippen LogP contribution in [0.4, 0.5) is 4.39 Å². The molecule has 0 spiro atoms. The summed E-state index contributed by atoms with van der Waals surface area (Å²) in [5.74, 6) is -0.245. The van der Waals surface area contributed by atoms with Gasteiger partial charge in [0.2, 0.25) is 0 Å². The molecule has 1 heterocycles. The van der Waals surface area contributed by atoms with Gasteiger partial charge in [0.15, 0.2) is 5.78 Å². The van der Waals surface area contributed by atoms with Crippen molar-refractivity contribution in [2.75, 3.05) is 0 Å². The number of Topliss-reactive ketones (excluding diaryl/α,β-unsaturated/α-hetero) is 1. The Labute approximate surface area is 116 Å². The zero-order valence-corrected chi connectivity index (χ0v) is 10.9. The van der Waals surface area contributed by atoms with Gasteiger partial charge in [-0.2, -0.15) is 0 Å². The van der Waals surface area contributed by atoms with Gasteiger partial charge >= 0.3 is 0 Å². The van der Waals surface area contributed by atoms with Crippen molar-refractivity contribution < 1.29 is 9.18 Å². The number of carbonyl (C=O) groups is 1. The minimum atomic E-state index is -0.292. The van der Waals surface area contributed by atoms with Crippen LogP contribution in [0.15, 0.2) is 54.6 Å². The number of hydrogen-bond acceptors (Lipinski definition) is 1. The van der Waals surface area contributed by atoms with E-state index < -0.39 is 0 Å². The quantitative estimate of drug-likeness (QED) is 0.708. The molecule has 100 valence electrons. The number of rotatable bonds is 4. The number of aromatic nitrogens is 1. The minimum Gasteiger partial charge on any atom is -0.352 e. The van der Waals surface area contributed by atoms with Crippen molar-refractivity contribution in [1.29, 1.82) is 0 Å². The van der Waals surface area contributed by atoms with Gasteiger partial charge in [-0.25, -0.2) is 4.39 Å². The molecule has 20 heavy (non-hydrogen) atoms. The average Bonchev–Trinajstić information content (AvgIpc) is 2.89. The van der Waals surface area contributed by atoms with E-state index in [1.165, 1.54) is 12.1 Å². The first-order chi connectivity index (χ1) is 9.72. The number of aryl methyl sites for hydroxylation is 1. The molecule has 1 N–H and O–H groups in total. The molecule has 0 aliphatic carbocycles. The fraction of sp³-hybridized carbons (Fsp3) is 0.118. The molecule has 0 fully saturated rings. The molecule has 3 aromatic rings. The van der Waals surface area contributed by atoms with Gasteiger partial charge in [0.25, 0.3) is 0 Å². The maximum atomic E-state index is 13.1. The summed E-state index contributed by atoms with van der Waals surface area (Å²) < 4.78 is 13.1. The SMILES string of the molecule is O=C(CCc1ccccc1)c1cc2cc(F)ccc2[nH]1. The number of carbonyl (C=O) groups excluding carboxylic acids is 1. The molecule has 0 atom stereocenters. The van der Waals surface area contributed by atoms with Crippen LogP contribution in [0.1, 0.15) is 22.5 Å². The van der Waals surface area contributed by atoms with Crippen LogP contribution in [0.25, 0.3) is 10.9 Å². The number of ketones is 1. The Morgan fingerprint density at radius 1 is 1.05 bits per heavy atom. The largest absolute Gasteiger partial charge is 0.352 e. The molecule has 0 unspecified atom stereocenters. The third-order valence-electron chi connectivity index (χ3n) is 3.37. The summed E-state index contributed by atoms with van der Waals surface area (Å²) in [7, 11) is 0. The van der Waals surface area contributed by atoms with Gasteiger partial charge in [-0.05, 0) is 36.2 Å². The fourth-order valence-corrected chi connectivity index (χ4v) is 2.29. The zero-order chi connectivity index (χ0) is 13.9. The van der Waals surface area contributed by atoms with E-state index in [4.69, 9.17) is 0 Å². The van der Waals surface area contributed by atoms with Crippen LogP contribution in [0, 0.1) is 5.82 Å². The lowest BCUT2D eigenvalue weighted by molar-refractivity contribution is 0.0979. The molecule has 1 aromatic heterocycles. The topological polar surface area (TPSA) is 32.9 Å². The Hall–Kier alpha value is -2.42. The molecular weight excluding hydrogens is 253 g/mol. The lowest BCUT2D eigenvalue weighted by Crippen LogP contribution is -2.01. The van der Waals surface area contributed by atoms with Crippen molar-refractivity contribution in [2.24, 2.45) is 0 Å². The number of H-pyrrole nitrogens is 1. The molecule has 0 amide bonds. The van der Waals surface area contributed by atoms with Crippen LogP contribution in [-0.4, -0.2) is 10.8 Å². The number of aromatic amines is 1. The molecule has 2 aromatic carbocycles. The predicted octanol–water partition coefficient (Wildman–Crippen LogP) is 4.12. The highest BCUT2D eigenvalue weighted by atomic mass is 19.1. The van der Waals surface area contributed by atoms with Crippen LogP contribution >= 0.6 is 0 Å². The van der Waals surface area contributed by atoms with Gasteiger partial charge in [-0.1, -0.05) is 30.3 Å². The lowest BCUT2D eigenvalue weighted by atomic mass is 10.1. The number of benzene rings is 2. The second-order valence-corrected chi connectivity index (χ2v) is 4.82. The Bertz CT molecular complexity index is 746. The van der Waals surface area contributed by atoms with Gasteiger partial charge < -0.3 is 4.98 Å². The summed E-state index contributed by atoms with van der Waals surface area (Å²) in [4.78, 5) is 15.2. The average molecular weight is 267 g/mol. The summed E-state index contributed by atoms with van der Waals surface area (Å²) in [5, 5.41) is 0.730. The highest BCUT2D eigenvalue weighted by molar-refractivity contribution is 5.99. The van der Waals surface area contributed by atoms with E-state index in [2.05, 4.69) is 4.98 Å². The Morgan fingerprint density at radius 2 is 1.85 bits per heavy atom. The Kier molecular flexibility index (Phi) is 3.33. The van der Waals surface area contributed by atoms with Crippen LogP contribution in [0.2, 0.25) is 0 Å². The highest BCUT2D eigenvalue weighted by Gasteiger charge is 2.10. The van der Waals surface area contributed by atoms with Crippen molar-refractivity contribution in [3.63, 3.8) is 0 Å². The smallest absolute Gasteiger partial charge is 0.179 e. The monoisotopic (exact) mass is 267 g/mol. The third kappa shape index (κ3) is 2.62. The summed E-state index contributed by atoms with van der Waals surface area (Å²) in [6.07, 6.45) is 1.16. The van der Waals surface area contributed by atoms with E-state index in [1.54, 1.807) is 12.1 Å². The van der Waals surface area contributed by atoms with E-state index in [1.807, 2.05) is 30.3 Å². The van der Waals surface area contributed by atoms with Crippen LogP contribution in [0.5, 0.6) is 0 Å². The summed E-state index contributed by atoms with van der Waals surface area (Å²) in [6, 6.07) is 16.1. The number of halogens is 1. The number of fused-ring (bicyclic) bond motifs is 1.